The molecule has 1 atom stereocenters. The number of carbonyl (C=O) groups is 1. The third-order valence-electron chi connectivity index (χ3n) is 5.42. The van der Waals surface area contributed by atoms with Crippen LogP contribution in [0.3, 0.4) is 0 Å². The molecule has 0 saturated heterocycles. The highest BCUT2D eigenvalue weighted by atomic mass is 19.1. The molecule has 0 fully saturated rings. The van der Waals surface area contributed by atoms with Gasteiger partial charge in [0.2, 0.25) is 0 Å². The maximum atomic E-state index is 13.6. The van der Waals surface area contributed by atoms with Crippen molar-refractivity contribution in [1.29, 1.82) is 0 Å². The van der Waals surface area contributed by atoms with Gasteiger partial charge >= 0.3 is 0 Å². The first kappa shape index (κ1) is 20.5. The summed E-state index contributed by atoms with van der Waals surface area (Å²) in [5.74, 6) is 0.118. The fourth-order valence-corrected chi connectivity index (χ4v) is 3.89. The van der Waals surface area contributed by atoms with Gasteiger partial charge in [-0.3, -0.25) is 4.79 Å². The number of benzene rings is 3. The van der Waals surface area contributed by atoms with E-state index in [-0.39, 0.29) is 18.1 Å². The van der Waals surface area contributed by atoms with Crippen molar-refractivity contribution in [2.45, 2.75) is 12.6 Å². The van der Waals surface area contributed by atoms with Crippen molar-refractivity contribution in [3.8, 4) is 11.5 Å². The molecule has 0 radical (unpaired) electrons. The third kappa shape index (κ3) is 3.84. The molecule has 4 rings (SSSR count). The Hall–Kier alpha value is -3.80. The molecular weight excluding hydrogens is 397 g/mol. The molecule has 0 aliphatic carbocycles. The van der Waals surface area contributed by atoms with Crippen molar-refractivity contribution >= 4 is 11.5 Å². The number of para-hydroxylation sites is 1. The number of aliphatic hydroxyl groups is 1. The lowest BCUT2D eigenvalue weighted by Gasteiger charge is -2.28. The van der Waals surface area contributed by atoms with Crippen LogP contribution in [0.15, 0.2) is 78.6 Å². The SMILES string of the molecule is COc1ccc(C2=C(O)C(=O)N(Cc3ccccc3OC)C2c2ccc(F)cc2)cc1. The summed E-state index contributed by atoms with van der Waals surface area (Å²) in [6.45, 7) is 0.217. The van der Waals surface area contributed by atoms with E-state index in [2.05, 4.69) is 0 Å². The molecule has 1 aliphatic heterocycles. The molecule has 3 aromatic carbocycles. The van der Waals surface area contributed by atoms with Crippen LogP contribution in [-0.4, -0.2) is 30.1 Å². The first-order valence-corrected chi connectivity index (χ1v) is 9.79. The second kappa shape index (κ2) is 8.52. The monoisotopic (exact) mass is 419 g/mol. The second-order valence-corrected chi connectivity index (χ2v) is 7.19. The molecular formula is C25H22FNO4. The fourth-order valence-electron chi connectivity index (χ4n) is 3.89. The van der Waals surface area contributed by atoms with Gasteiger partial charge in [0.1, 0.15) is 17.3 Å². The normalized spacial score (nSPS) is 16.0. The van der Waals surface area contributed by atoms with Crippen molar-refractivity contribution in [1.82, 2.24) is 4.90 Å². The maximum absolute atomic E-state index is 13.6. The molecule has 158 valence electrons. The highest BCUT2D eigenvalue weighted by Crippen LogP contribution is 2.44. The Kier molecular flexibility index (Phi) is 5.62. The van der Waals surface area contributed by atoms with Crippen LogP contribution in [0, 0.1) is 5.82 Å². The average molecular weight is 419 g/mol. The van der Waals surface area contributed by atoms with Gasteiger partial charge in [0.05, 0.1) is 26.8 Å². The van der Waals surface area contributed by atoms with Crippen LogP contribution < -0.4 is 9.47 Å². The lowest BCUT2D eigenvalue weighted by molar-refractivity contribution is -0.130. The Labute approximate surface area is 180 Å². The van der Waals surface area contributed by atoms with Crippen molar-refractivity contribution in [2.75, 3.05) is 14.2 Å². The van der Waals surface area contributed by atoms with Crippen LogP contribution in [0.2, 0.25) is 0 Å². The molecule has 0 aromatic heterocycles. The lowest BCUT2D eigenvalue weighted by Crippen LogP contribution is -2.30. The van der Waals surface area contributed by atoms with Gasteiger partial charge in [-0.2, -0.15) is 0 Å². The van der Waals surface area contributed by atoms with Gasteiger partial charge in [0.15, 0.2) is 5.76 Å². The molecule has 1 aliphatic rings. The first-order chi connectivity index (χ1) is 15.0. The quantitative estimate of drug-likeness (QED) is 0.618. The van der Waals surface area contributed by atoms with E-state index in [1.807, 2.05) is 24.3 Å². The molecule has 6 heteroatoms. The largest absolute Gasteiger partial charge is 0.503 e. The van der Waals surface area contributed by atoms with E-state index < -0.39 is 11.9 Å². The molecule has 1 heterocycles. The summed E-state index contributed by atoms with van der Waals surface area (Å²) in [6, 6.07) is 19.9. The highest BCUT2D eigenvalue weighted by molar-refractivity contribution is 6.05. The standard InChI is InChI=1S/C25H22FNO4/c1-30-20-13-9-16(10-14-20)22-23(17-7-11-19(26)12-8-17)27(25(29)24(22)28)15-18-5-3-4-6-21(18)31-2/h3-14,23,28H,15H2,1-2H3. The molecule has 0 saturated carbocycles. The van der Waals surface area contributed by atoms with E-state index in [1.165, 1.54) is 12.1 Å². The third-order valence-corrected chi connectivity index (χ3v) is 5.42. The van der Waals surface area contributed by atoms with E-state index in [4.69, 9.17) is 9.47 Å². The van der Waals surface area contributed by atoms with E-state index in [0.29, 0.717) is 28.2 Å². The van der Waals surface area contributed by atoms with Gasteiger partial charge < -0.3 is 19.5 Å². The lowest BCUT2D eigenvalue weighted by atomic mass is 9.93. The van der Waals surface area contributed by atoms with Gasteiger partial charge in [-0.1, -0.05) is 42.5 Å². The number of nitrogens with zero attached hydrogens (tertiary/aromatic N) is 1. The molecule has 1 N–H and O–H groups in total. The minimum Gasteiger partial charge on any atom is -0.503 e. The van der Waals surface area contributed by atoms with E-state index >= 15 is 0 Å². The molecule has 1 amide bonds. The van der Waals surface area contributed by atoms with Crippen LogP contribution in [0.4, 0.5) is 4.39 Å². The summed E-state index contributed by atoms with van der Waals surface area (Å²) >= 11 is 0. The second-order valence-electron chi connectivity index (χ2n) is 7.19. The van der Waals surface area contributed by atoms with Gasteiger partial charge in [-0.25, -0.2) is 4.39 Å². The number of hydrogen-bond acceptors (Lipinski definition) is 4. The molecule has 0 spiro atoms. The van der Waals surface area contributed by atoms with E-state index in [9.17, 15) is 14.3 Å². The summed E-state index contributed by atoms with van der Waals surface area (Å²) in [4.78, 5) is 14.7. The zero-order valence-electron chi connectivity index (χ0n) is 17.2. The van der Waals surface area contributed by atoms with Gasteiger partial charge in [0, 0.05) is 11.1 Å². The highest BCUT2D eigenvalue weighted by Gasteiger charge is 2.41. The topological polar surface area (TPSA) is 59.0 Å². The van der Waals surface area contributed by atoms with Crippen molar-refractivity contribution in [3.63, 3.8) is 0 Å². The van der Waals surface area contributed by atoms with Crippen LogP contribution in [0.25, 0.3) is 5.57 Å². The number of amides is 1. The van der Waals surface area contributed by atoms with Gasteiger partial charge in [-0.15, -0.1) is 0 Å². The molecule has 1 unspecified atom stereocenters. The zero-order valence-corrected chi connectivity index (χ0v) is 17.2. The smallest absolute Gasteiger partial charge is 0.290 e. The minimum atomic E-state index is -0.591. The summed E-state index contributed by atoms with van der Waals surface area (Å²) in [5, 5.41) is 10.9. The first-order valence-electron chi connectivity index (χ1n) is 9.79. The van der Waals surface area contributed by atoms with Crippen LogP contribution >= 0.6 is 0 Å². The van der Waals surface area contributed by atoms with E-state index in [1.54, 1.807) is 55.5 Å². The van der Waals surface area contributed by atoms with Crippen LogP contribution in [-0.2, 0) is 11.3 Å². The Morgan fingerprint density at radius 1 is 0.935 bits per heavy atom. The van der Waals surface area contributed by atoms with Crippen molar-refractivity contribution in [2.24, 2.45) is 0 Å². The van der Waals surface area contributed by atoms with Gasteiger partial charge in [0.25, 0.3) is 5.91 Å². The van der Waals surface area contributed by atoms with E-state index in [0.717, 1.165) is 5.56 Å². The number of methoxy groups -OCH3 is 2. The van der Waals surface area contributed by atoms with Crippen molar-refractivity contribution in [3.05, 3.63) is 101 Å². The van der Waals surface area contributed by atoms with Crippen LogP contribution in [0.1, 0.15) is 22.7 Å². The maximum Gasteiger partial charge on any atom is 0.290 e. The summed E-state index contributed by atoms with van der Waals surface area (Å²) in [5.41, 5.74) is 2.64. The fraction of sp³-hybridized carbons (Fsp3) is 0.160. The number of halogens is 1. The number of carbonyl (C=O) groups excluding carboxylic acids is 1. The number of rotatable bonds is 6. The molecule has 5 nitrogen and oxygen atoms in total. The Morgan fingerprint density at radius 3 is 2.26 bits per heavy atom. The van der Waals surface area contributed by atoms with Gasteiger partial charge in [-0.05, 0) is 41.5 Å². The Bertz CT molecular complexity index is 1120. The van der Waals surface area contributed by atoms with Crippen molar-refractivity contribution < 1.29 is 23.8 Å². The minimum absolute atomic E-state index is 0.217. The molecule has 0 bridgehead atoms. The summed E-state index contributed by atoms with van der Waals surface area (Å²) in [7, 11) is 3.14. The molecule has 3 aromatic rings. The summed E-state index contributed by atoms with van der Waals surface area (Å²) in [6.07, 6.45) is 0. The zero-order chi connectivity index (χ0) is 22.0. The molecule has 31 heavy (non-hydrogen) atoms. The Morgan fingerprint density at radius 2 is 1.61 bits per heavy atom. The average Bonchev–Trinajstić information content (AvgIpc) is 3.05. The van der Waals surface area contributed by atoms with Crippen LogP contribution in [0.5, 0.6) is 11.5 Å². The predicted molar refractivity (Wildman–Crippen MR) is 115 cm³/mol. The summed E-state index contributed by atoms with van der Waals surface area (Å²) < 4.78 is 24.3. The Balaban J connectivity index is 1.81. The number of ether oxygens (including phenoxy) is 2. The number of aliphatic hydroxyl groups excluding tert-OH is 1. The predicted octanol–water partition coefficient (Wildman–Crippen LogP) is 4.90. The number of hydrogen-bond donors (Lipinski definition) is 1.